The Morgan fingerprint density at radius 2 is 1.52 bits per heavy atom. The zero-order valence-corrected chi connectivity index (χ0v) is 15.3. The summed E-state index contributed by atoms with van der Waals surface area (Å²) in [4.78, 5) is 14.9. The Morgan fingerprint density at radius 3 is 2.04 bits per heavy atom. The highest BCUT2D eigenvalue weighted by molar-refractivity contribution is 7.89. The van der Waals surface area contributed by atoms with Crippen LogP contribution < -0.4 is 0 Å². The molecule has 1 aromatic rings. The first-order chi connectivity index (χ1) is 12.1. The van der Waals surface area contributed by atoms with Gasteiger partial charge in [0.05, 0.1) is 4.90 Å². The number of nitrogens with zero attached hydrogens (tertiary/aromatic N) is 2. The van der Waals surface area contributed by atoms with E-state index in [9.17, 15) is 13.2 Å². The highest BCUT2D eigenvalue weighted by Gasteiger charge is 2.43. The van der Waals surface area contributed by atoms with Crippen LogP contribution in [-0.2, 0) is 14.8 Å². The lowest BCUT2D eigenvalue weighted by atomic mass is 9.93. The van der Waals surface area contributed by atoms with Gasteiger partial charge in [0.2, 0.25) is 15.9 Å². The lowest BCUT2D eigenvalue weighted by Crippen LogP contribution is -2.50. The molecule has 0 atom stereocenters. The van der Waals surface area contributed by atoms with Gasteiger partial charge in [0.15, 0.2) is 0 Å². The third-order valence-electron chi connectivity index (χ3n) is 5.84. The molecule has 4 rings (SSSR count). The first-order valence-corrected chi connectivity index (χ1v) is 10.8. The van der Waals surface area contributed by atoms with Gasteiger partial charge in [-0.25, -0.2) is 8.42 Å². The molecule has 2 aliphatic carbocycles. The number of rotatable bonds is 6. The molecule has 3 aliphatic rings. The smallest absolute Gasteiger partial charge is 0.243 e. The fourth-order valence-corrected chi connectivity index (χ4v) is 5.46. The van der Waals surface area contributed by atoms with Crippen LogP contribution in [0.2, 0.25) is 0 Å². The van der Waals surface area contributed by atoms with Crippen molar-refractivity contribution in [3.05, 3.63) is 30.3 Å². The van der Waals surface area contributed by atoms with Crippen molar-refractivity contribution in [1.82, 2.24) is 9.21 Å². The van der Waals surface area contributed by atoms with E-state index in [1.54, 1.807) is 24.3 Å². The molecule has 0 aromatic heterocycles. The molecule has 6 heteroatoms. The van der Waals surface area contributed by atoms with Gasteiger partial charge in [-0.15, -0.1) is 0 Å². The van der Waals surface area contributed by atoms with E-state index in [1.165, 1.54) is 30.0 Å². The summed E-state index contributed by atoms with van der Waals surface area (Å²) >= 11 is 0. The standard InChI is InChI=1S/C19H26N2O3S/c22-19(14-18(15-6-7-15)16-8-9-16)20-10-12-21(13-11-20)25(23,24)17-4-2-1-3-5-17/h1-5,15-16,18H,6-14H2. The van der Waals surface area contributed by atoms with Crippen molar-refractivity contribution in [3.8, 4) is 0 Å². The van der Waals surface area contributed by atoms with Gasteiger partial charge in [-0.05, 0) is 55.6 Å². The minimum atomic E-state index is -3.45. The SMILES string of the molecule is O=C(CC(C1CC1)C1CC1)N1CCN(S(=O)(=O)c2ccccc2)CC1. The fourth-order valence-electron chi connectivity index (χ4n) is 4.02. The van der Waals surface area contributed by atoms with E-state index in [0.29, 0.717) is 43.4 Å². The summed E-state index contributed by atoms with van der Waals surface area (Å²) in [6.07, 6.45) is 5.82. The predicted molar refractivity (Wildman–Crippen MR) is 95.3 cm³/mol. The van der Waals surface area contributed by atoms with Gasteiger partial charge < -0.3 is 4.90 Å². The maximum atomic E-state index is 12.7. The first kappa shape index (κ1) is 17.0. The Balaban J connectivity index is 1.34. The number of benzene rings is 1. The molecule has 0 unspecified atom stereocenters. The van der Waals surface area contributed by atoms with E-state index in [2.05, 4.69) is 0 Å². The van der Waals surface area contributed by atoms with Gasteiger partial charge in [0.1, 0.15) is 0 Å². The van der Waals surface area contributed by atoms with Gasteiger partial charge in [-0.1, -0.05) is 18.2 Å². The maximum absolute atomic E-state index is 12.7. The molecule has 0 spiro atoms. The van der Waals surface area contributed by atoms with Crippen molar-refractivity contribution in [3.63, 3.8) is 0 Å². The second kappa shape index (κ2) is 6.72. The summed E-state index contributed by atoms with van der Waals surface area (Å²) in [7, 11) is -3.45. The van der Waals surface area contributed by atoms with Crippen molar-refractivity contribution in [2.75, 3.05) is 26.2 Å². The summed E-state index contributed by atoms with van der Waals surface area (Å²) < 4.78 is 26.8. The number of piperazine rings is 1. The van der Waals surface area contributed by atoms with Crippen LogP contribution in [0.15, 0.2) is 35.2 Å². The van der Waals surface area contributed by atoms with Crippen LogP contribution in [0.25, 0.3) is 0 Å². The molecule has 0 N–H and O–H groups in total. The minimum Gasteiger partial charge on any atom is -0.340 e. The third-order valence-corrected chi connectivity index (χ3v) is 7.75. The molecule has 1 aromatic carbocycles. The Morgan fingerprint density at radius 1 is 0.960 bits per heavy atom. The molecule has 1 heterocycles. The number of hydrogen-bond acceptors (Lipinski definition) is 3. The van der Waals surface area contributed by atoms with Crippen LogP contribution in [0.5, 0.6) is 0 Å². The summed E-state index contributed by atoms with van der Waals surface area (Å²) in [5.74, 6) is 2.35. The van der Waals surface area contributed by atoms with Crippen LogP contribution in [0.3, 0.4) is 0 Å². The number of amides is 1. The van der Waals surface area contributed by atoms with E-state index in [1.807, 2.05) is 11.0 Å². The summed E-state index contributed by atoms with van der Waals surface area (Å²) in [5.41, 5.74) is 0. The van der Waals surface area contributed by atoms with Crippen molar-refractivity contribution in [2.24, 2.45) is 17.8 Å². The zero-order chi connectivity index (χ0) is 17.4. The number of sulfonamides is 1. The molecule has 2 saturated carbocycles. The van der Waals surface area contributed by atoms with Gasteiger partial charge in [-0.2, -0.15) is 4.31 Å². The van der Waals surface area contributed by atoms with Gasteiger partial charge in [0.25, 0.3) is 0 Å². The predicted octanol–water partition coefficient (Wildman–Crippen LogP) is 2.35. The Hall–Kier alpha value is -1.40. The monoisotopic (exact) mass is 362 g/mol. The number of carbonyl (C=O) groups is 1. The van der Waals surface area contributed by atoms with Gasteiger partial charge in [0, 0.05) is 32.6 Å². The van der Waals surface area contributed by atoms with Crippen LogP contribution in [-0.4, -0.2) is 49.7 Å². The zero-order valence-electron chi connectivity index (χ0n) is 14.5. The molecule has 0 bridgehead atoms. The number of hydrogen-bond donors (Lipinski definition) is 0. The molecule has 25 heavy (non-hydrogen) atoms. The van der Waals surface area contributed by atoms with Gasteiger partial charge in [-0.3, -0.25) is 4.79 Å². The lowest BCUT2D eigenvalue weighted by Gasteiger charge is -2.34. The van der Waals surface area contributed by atoms with E-state index in [-0.39, 0.29) is 5.91 Å². The third kappa shape index (κ3) is 3.75. The molecule has 136 valence electrons. The Bertz CT molecular complexity index is 706. The number of carbonyl (C=O) groups excluding carboxylic acids is 1. The largest absolute Gasteiger partial charge is 0.340 e. The van der Waals surface area contributed by atoms with Crippen LogP contribution in [0.4, 0.5) is 0 Å². The van der Waals surface area contributed by atoms with Crippen LogP contribution in [0, 0.1) is 17.8 Å². The average molecular weight is 362 g/mol. The van der Waals surface area contributed by atoms with Crippen LogP contribution in [0.1, 0.15) is 32.1 Å². The Kier molecular flexibility index (Phi) is 4.58. The fraction of sp³-hybridized carbons (Fsp3) is 0.632. The lowest BCUT2D eigenvalue weighted by molar-refractivity contribution is -0.133. The molecular formula is C19H26N2O3S. The Labute approximate surface area is 150 Å². The molecule has 0 radical (unpaired) electrons. The molecular weight excluding hydrogens is 336 g/mol. The summed E-state index contributed by atoms with van der Waals surface area (Å²) in [5, 5.41) is 0. The minimum absolute atomic E-state index is 0.223. The van der Waals surface area contributed by atoms with Crippen molar-refractivity contribution in [1.29, 1.82) is 0 Å². The maximum Gasteiger partial charge on any atom is 0.243 e. The molecule has 5 nitrogen and oxygen atoms in total. The topological polar surface area (TPSA) is 57.7 Å². The normalized spacial score (nSPS) is 22.4. The quantitative estimate of drug-likeness (QED) is 0.780. The second-order valence-electron chi connectivity index (χ2n) is 7.64. The molecule has 1 aliphatic heterocycles. The summed E-state index contributed by atoms with van der Waals surface area (Å²) in [6, 6.07) is 8.54. The van der Waals surface area contributed by atoms with E-state index in [0.717, 1.165) is 11.8 Å². The average Bonchev–Trinajstić information content (AvgIpc) is 3.54. The van der Waals surface area contributed by atoms with E-state index in [4.69, 9.17) is 0 Å². The van der Waals surface area contributed by atoms with Crippen molar-refractivity contribution in [2.45, 2.75) is 37.0 Å². The molecule has 1 saturated heterocycles. The molecule has 1 amide bonds. The van der Waals surface area contributed by atoms with E-state index < -0.39 is 10.0 Å². The van der Waals surface area contributed by atoms with Crippen molar-refractivity contribution < 1.29 is 13.2 Å². The second-order valence-corrected chi connectivity index (χ2v) is 9.58. The first-order valence-electron chi connectivity index (χ1n) is 9.38. The van der Waals surface area contributed by atoms with Crippen LogP contribution >= 0.6 is 0 Å². The highest BCUT2D eigenvalue weighted by atomic mass is 32.2. The van der Waals surface area contributed by atoms with Gasteiger partial charge >= 0.3 is 0 Å². The highest BCUT2D eigenvalue weighted by Crippen LogP contribution is 2.50. The molecule has 3 fully saturated rings. The summed E-state index contributed by atoms with van der Waals surface area (Å²) in [6.45, 7) is 1.79. The van der Waals surface area contributed by atoms with Crippen molar-refractivity contribution >= 4 is 15.9 Å². The van der Waals surface area contributed by atoms with E-state index >= 15 is 0 Å².